The molecule has 1 unspecified atom stereocenters. The Morgan fingerprint density at radius 1 is 1.53 bits per heavy atom. The van der Waals surface area contributed by atoms with E-state index >= 15 is 0 Å². The van der Waals surface area contributed by atoms with Gasteiger partial charge in [0.15, 0.2) is 0 Å². The van der Waals surface area contributed by atoms with Crippen molar-refractivity contribution in [1.29, 1.82) is 0 Å². The van der Waals surface area contributed by atoms with E-state index in [4.69, 9.17) is 4.42 Å². The highest BCUT2D eigenvalue weighted by molar-refractivity contribution is 7.89. The van der Waals surface area contributed by atoms with Gasteiger partial charge < -0.3 is 9.73 Å². The Bertz CT molecular complexity index is 464. The summed E-state index contributed by atoms with van der Waals surface area (Å²) in [5.41, 5.74) is 0. The number of furan rings is 1. The first-order valence-electron chi connectivity index (χ1n) is 6.82. The molecule has 1 fully saturated rings. The van der Waals surface area contributed by atoms with Crippen LogP contribution in [-0.2, 0) is 16.6 Å². The van der Waals surface area contributed by atoms with Crippen molar-refractivity contribution >= 4 is 10.0 Å². The Kier molecular flexibility index (Phi) is 5.01. The van der Waals surface area contributed by atoms with Crippen LogP contribution >= 0.6 is 0 Å². The zero-order valence-corrected chi connectivity index (χ0v) is 12.2. The molecule has 0 spiro atoms. The van der Waals surface area contributed by atoms with Gasteiger partial charge in [-0.1, -0.05) is 6.92 Å². The SMILES string of the molecule is CCN(Cc1ccco1)S(=O)(=O)CC1CCCNC1. The van der Waals surface area contributed by atoms with Gasteiger partial charge in [0.05, 0.1) is 18.6 Å². The summed E-state index contributed by atoms with van der Waals surface area (Å²) in [6.07, 6.45) is 3.62. The van der Waals surface area contributed by atoms with Crippen LogP contribution in [0.4, 0.5) is 0 Å². The molecule has 0 saturated carbocycles. The van der Waals surface area contributed by atoms with E-state index in [0.717, 1.165) is 25.9 Å². The van der Waals surface area contributed by atoms with Crippen LogP contribution in [0.2, 0.25) is 0 Å². The highest BCUT2D eigenvalue weighted by atomic mass is 32.2. The fourth-order valence-electron chi connectivity index (χ4n) is 2.45. The van der Waals surface area contributed by atoms with Crippen molar-refractivity contribution in [1.82, 2.24) is 9.62 Å². The fraction of sp³-hybridized carbons (Fsp3) is 0.692. The molecule has 1 saturated heterocycles. The number of nitrogens with one attached hydrogen (secondary N) is 1. The van der Waals surface area contributed by atoms with E-state index in [2.05, 4.69) is 5.32 Å². The normalized spacial score (nSPS) is 20.8. The average molecular weight is 286 g/mol. The van der Waals surface area contributed by atoms with Crippen molar-refractivity contribution in [3.63, 3.8) is 0 Å². The highest BCUT2D eigenvalue weighted by Gasteiger charge is 2.26. The lowest BCUT2D eigenvalue weighted by atomic mass is 10.0. The monoisotopic (exact) mass is 286 g/mol. The van der Waals surface area contributed by atoms with Gasteiger partial charge in [0, 0.05) is 6.54 Å². The van der Waals surface area contributed by atoms with Gasteiger partial charge in [0.2, 0.25) is 10.0 Å². The van der Waals surface area contributed by atoms with Crippen molar-refractivity contribution in [3.8, 4) is 0 Å². The summed E-state index contributed by atoms with van der Waals surface area (Å²) in [6, 6.07) is 3.58. The highest BCUT2D eigenvalue weighted by Crippen LogP contribution is 2.17. The second-order valence-electron chi connectivity index (χ2n) is 5.00. The first-order chi connectivity index (χ1) is 9.12. The predicted molar refractivity (Wildman–Crippen MR) is 74.2 cm³/mol. The van der Waals surface area contributed by atoms with Gasteiger partial charge in [-0.3, -0.25) is 0 Å². The molecule has 0 radical (unpaired) electrons. The average Bonchev–Trinajstić information content (AvgIpc) is 2.89. The number of hydrogen-bond donors (Lipinski definition) is 1. The Morgan fingerprint density at radius 2 is 2.37 bits per heavy atom. The second-order valence-corrected chi connectivity index (χ2v) is 7.01. The predicted octanol–water partition coefficient (Wildman–Crippen LogP) is 1.43. The molecule has 0 bridgehead atoms. The Balaban J connectivity index is 1.98. The van der Waals surface area contributed by atoms with E-state index in [-0.39, 0.29) is 11.7 Å². The van der Waals surface area contributed by atoms with Gasteiger partial charge >= 0.3 is 0 Å². The Hall–Kier alpha value is -0.850. The number of nitrogens with zero attached hydrogens (tertiary/aromatic N) is 1. The standard InChI is InChI=1S/C13H22N2O3S/c1-2-15(10-13-6-4-8-18-13)19(16,17)11-12-5-3-7-14-9-12/h4,6,8,12,14H,2-3,5,7,9-11H2,1H3. The molecule has 1 aromatic rings. The molecule has 0 aromatic carbocycles. The van der Waals surface area contributed by atoms with Gasteiger partial charge in [-0.05, 0) is 44.0 Å². The minimum absolute atomic E-state index is 0.226. The molecular weight excluding hydrogens is 264 g/mol. The topological polar surface area (TPSA) is 62.6 Å². The maximum atomic E-state index is 12.4. The molecule has 6 heteroatoms. The van der Waals surface area contributed by atoms with Crippen LogP contribution in [0.5, 0.6) is 0 Å². The molecule has 1 N–H and O–H groups in total. The summed E-state index contributed by atoms with van der Waals surface area (Å²) in [4.78, 5) is 0. The molecule has 2 heterocycles. The maximum absolute atomic E-state index is 12.4. The summed E-state index contributed by atoms with van der Waals surface area (Å²) in [5, 5.41) is 3.26. The second kappa shape index (κ2) is 6.54. The summed E-state index contributed by atoms with van der Waals surface area (Å²) >= 11 is 0. The van der Waals surface area contributed by atoms with Gasteiger partial charge in [0.25, 0.3) is 0 Å². The van der Waals surface area contributed by atoms with Crippen LogP contribution < -0.4 is 5.32 Å². The maximum Gasteiger partial charge on any atom is 0.214 e. The summed E-state index contributed by atoms with van der Waals surface area (Å²) < 4.78 is 31.6. The number of rotatable bonds is 6. The van der Waals surface area contributed by atoms with Gasteiger partial charge in [0.1, 0.15) is 5.76 Å². The van der Waals surface area contributed by atoms with E-state index in [1.807, 2.05) is 6.92 Å². The van der Waals surface area contributed by atoms with Crippen molar-refractivity contribution in [2.24, 2.45) is 5.92 Å². The van der Waals surface area contributed by atoms with Crippen molar-refractivity contribution < 1.29 is 12.8 Å². The third-order valence-electron chi connectivity index (χ3n) is 3.50. The minimum Gasteiger partial charge on any atom is -0.468 e. The van der Waals surface area contributed by atoms with Crippen LogP contribution in [0.1, 0.15) is 25.5 Å². The number of sulfonamides is 1. The largest absolute Gasteiger partial charge is 0.468 e. The van der Waals surface area contributed by atoms with E-state index in [1.54, 1.807) is 18.4 Å². The smallest absolute Gasteiger partial charge is 0.214 e. The number of hydrogen-bond acceptors (Lipinski definition) is 4. The Morgan fingerprint density at radius 3 is 2.95 bits per heavy atom. The first-order valence-corrected chi connectivity index (χ1v) is 8.43. The molecule has 108 valence electrons. The van der Waals surface area contributed by atoms with Crippen LogP contribution in [-0.4, -0.2) is 38.1 Å². The molecule has 5 nitrogen and oxygen atoms in total. The van der Waals surface area contributed by atoms with Crippen LogP contribution in [0.15, 0.2) is 22.8 Å². The molecule has 1 aromatic heterocycles. The van der Waals surface area contributed by atoms with Crippen molar-refractivity contribution in [2.75, 3.05) is 25.4 Å². The van der Waals surface area contributed by atoms with Gasteiger partial charge in [-0.25, -0.2) is 8.42 Å². The summed E-state index contributed by atoms with van der Waals surface area (Å²) in [5.74, 6) is 1.14. The molecule has 0 amide bonds. The van der Waals surface area contributed by atoms with E-state index < -0.39 is 10.0 Å². The zero-order valence-electron chi connectivity index (χ0n) is 11.3. The molecule has 1 aliphatic rings. The zero-order chi connectivity index (χ0) is 13.7. The molecule has 1 atom stereocenters. The summed E-state index contributed by atoms with van der Waals surface area (Å²) in [7, 11) is -3.21. The lowest BCUT2D eigenvalue weighted by Crippen LogP contribution is -2.39. The van der Waals surface area contributed by atoms with Gasteiger partial charge in [-0.2, -0.15) is 4.31 Å². The van der Waals surface area contributed by atoms with E-state index in [1.165, 1.54) is 4.31 Å². The summed E-state index contributed by atoms with van der Waals surface area (Å²) in [6.45, 7) is 4.47. The van der Waals surface area contributed by atoms with Gasteiger partial charge in [-0.15, -0.1) is 0 Å². The third-order valence-corrected chi connectivity index (χ3v) is 5.57. The van der Waals surface area contributed by atoms with Crippen LogP contribution in [0.25, 0.3) is 0 Å². The molecule has 1 aliphatic heterocycles. The van der Waals surface area contributed by atoms with Crippen molar-refractivity contribution in [3.05, 3.63) is 24.2 Å². The molecule has 2 rings (SSSR count). The van der Waals surface area contributed by atoms with Crippen LogP contribution in [0, 0.1) is 5.92 Å². The molecule has 0 aliphatic carbocycles. The van der Waals surface area contributed by atoms with E-state index in [9.17, 15) is 8.42 Å². The quantitative estimate of drug-likeness (QED) is 0.859. The Labute approximate surface area is 115 Å². The first kappa shape index (κ1) is 14.6. The van der Waals surface area contributed by atoms with E-state index in [0.29, 0.717) is 18.8 Å². The minimum atomic E-state index is -3.21. The fourth-order valence-corrected chi connectivity index (χ4v) is 4.26. The molecular formula is C13H22N2O3S. The van der Waals surface area contributed by atoms with Crippen LogP contribution in [0.3, 0.4) is 0 Å². The number of piperidine rings is 1. The molecule has 19 heavy (non-hydrogen) atoms. The van der Waals surface area contributed by atoms with Crippen molar-refractivity contribution in [2.45, 2.75) is 26.3 Å². The lowest BCUT2D eigenvalue weighted by molar-refractivity contribution is 0.359. The third kappa shape index (κ3) is 4.06. The lowest BCUT2D eigenvalue weighted by Gasteiger charge is -2.26.